The van der Waals surface area contributed by atoms with Crippen molar-refractivity contribution in [1.82, 2.24) is 0 Å². The van der Waals surface area contributed by atoms with Gasteiger partial charge in [-0.3, -0.25) is 0 Å². The van der Waals surface area contributed by atoms with E-state index in [1.807, 2.05) is 98.8 Å². The second-order valence-corrected chi connectivity index (χ2v) is 20.8. The van der Waals surface area contributed by atoms with Gasteiger partial charge in [0.2, 0.25) is 0 Å². The van der Waals surface area contributed by atoms with Gasteiger partial charge in [0.15, 0.2) is 19.7 Å². The predicted octanol–water partition coefficient (Wildman–Crippen LogP) is 7.67. The van der Waals surface area contributed by atoms with E-state index in [2.05, 4.69) is 60.7 Å². The molecule has 258 valence electrons. The first kappa shape index (κ1) is 37.6. The van der Waals surface area contributed by atoms with Crippen molar-refractivity contribution in [3.05, 3.63) is 174 Å². The number of sulfone groups is 2. The van der Waals surface area contributed by atoms with Gasteiger partial charge in [-0.05, 0) is 83.8 Å². The average molecular weight is 739 g/mol. The third-order valence-corrected chi connectivity index (χ3v) is 16.7. The Labute approximate surface area is 301 Å². The van der Waals surface area contributed by atoms with Crippen molar-refractivity contribution in [3.63, 3.8) is 0 Å². The normalized spacial score (nSPS) is 12.8. The minimum absolute atomic E-state index is 0.0332. The molecule has 8 heteroatoms. The zero-order valence-corrected chi connectivity index (χ0v) is 32.2. The van der Waals surface area contributed by atoms with Gasteiger partial charge < -0.3 is 0 Å². The Morgan fingerprint density at radius 3 is 1.52 bits per heavy atom. The molecule has 5 aromatic carbocycles. The number of hydrogen-bond acceptors (Lipinski definition) is 4. The molecule has 0 bridgehead atoms. The number of hydrogen-bond donors (Lipinski definition) is 0. The highest BCUT2D eigenvalue weighted by molar-refractivity contribution is 7.91. The van der Waals surface area contributed by atoms with Gasteiger partial charge in [-0.15, -0.1) is 0 Å². The first-order chi connectivity index (χ1) is 24.1. The molecule has 50 heavy (non-hydrogen) atoms. The SMILES string of the molecule is C/C=C(\C(=C/CC)CS(=O)(=O)Cc1ccc(CS(=O)(=O)CC)c(P(c2ccccc2)c2ccccc2)c1)P(c1ccccc1)c1ccccc1. The second-order valence-electron chi connectivity index (χ2n) is 12.0. The Balaban J connectivity index is 1.55. The van der Waals surface area contributed by atoms with E-state index in [0.717, 1.165) is 26.8 Å². The lowest BCUT2D eigenvalue weighted by atomic mass is 10.2. The largest absolute Gasteiger partial charge is 0.229 e. The van der Waals surface area contributed by atoms with Crippen LogP contribution < -0.4 is 26.5 Å². The molecule has 0 heterocycles. The first-order valence-corrected chi connectivity index (χ1v) is 23.2. The zero-order chi connectivity index (χ0) is 35.6. The summed E-state index contributed by atoms with van der Waals surface area (Å²) in [5.74, 6) is -0.306. The van der Waals surface area contributed by atoms with Crippen molar-refractivity contribution < 1.29 is 16.8 Å². The summed E-state index contributed by atoms with van der Waals surface area (Å²) < 4.78 is 54.4. The van der Waals surface area contributed by atoms with Crippen LogP contribution in [0.1, 0.15) is 38.3 Å². The minimum atomic E-state index is -3.64. The zero-order valence-electron chi connectivity index (χ0n) is 28.8. The minimum Gasteiger partial charge on any atom is -0.229 e. The summed E-state index contributed by atoms with van der Waals surface area (Å²) in [5, 5.41) is 6.39. The van der Waals surface area contributed by atoms with Crippen LogP contribution in [0.4, 0.5) is 0 Å². The number of benzene rings is 5. The summed E-state index contributed by atoms with van der Waals surface area (Å²) in [4.78, 5) is 0. The third kappa shape index (κ3) is 9.77. The van der Waals surface area contributed by atoms with E-state index >= 15 is 0 Å². The summed E-state index contributed by atoms with van der Waals surface area (Å²) in [5.41, 5.74) is 2.20. The smallest absolute Gasteiger partial charge is 0.158 e. The van der Waals surface area contributed by atoms with Crippen LogP contribution in [0.2, 0.25) is 0 Å². The molecule has 0 spiro atoms. The molecule has 0 fully saturated rings. The monoisotopic (exact) mass is 738 g/mol. The Morgan fingerprint density at radius 2 is 1.08 bits per heavy atom. The fraction of sp³-hybridized carbons (Fsp3) is 0.190. The molecular formula is C42H44O4P2S2. The van der Waals surface area contributed by atoms with Crippen molar-refractivity contribution >= 4 is 62.0 Å². The van der Waals surface area contributed by atoms with Gasteiger partial charge in [0.25, 0.3) is 0 Å². The van der Waals surface area contributed by atoms with E-state index in [4.69, 9.17) is 0 Å². The molecule has 5 aromatic rings. The highest BCUT2D eigenvalue weighted by Gasteiger charge is 2.27. The van der Waals surface area contributed by atoms with Crippen LogP contribution in [-0.2, 0) is 31.2 Å². The van der Waals surface area contributed by atoms with Crippen LogP contribution in [0.25, 0.3) is 0 Å². The van der Waals surface area contributed by atoms with Gasteiger partial charge in [0, 0.05) is 5.75 Å². The molecule has 0 saturated heterocycles. The van der Waals surface area contributed by atoms with E-state index in [-0.39, 0.29) is 23.0 Å². The van der Waals surface area contributed by atoms with Gasteiger partial charge in [-0.1, -0.05) is 159 Å². The molecule has 0 aromatic heterocycles. The third-order valence-electron chi connectivity index (χ3n) is 8.32. The highest BCUT2D eigenvalue weighted by Crippen LogP contribution is 2.47. The van der Waals surface area contributed by atoms with Gasteiger partial charge >= 0.3 is 0 Å². The lowest BCUT2D eigenvalue weighted by molar-refractivity contribution is 0.595. The van der Waals surface area contributed by atoms with Crippen molar-refractivity contribution in [2.75, 3.05) is 11.5 Å². The van der Waals surface area contributed by atoms with E-state index in [1.54, 1.807) is 13.0 Å². The molecule has 4 nitrogen and oxygen atoms in total. The number of rotatable bonds is 15. The van der Waals surface area contributed by atoms with E-state index in [0.29, 0.717) is 17.5 Å². The summed E-state index contributed by atoms with van der Waals surface area (Å²) in [6.07, 6.45) is 4.84. The Hall–Kier alpha value is -3.66. The second kappa shape index (κ2) is 17.5. The molecule has 0 atom stereocenters. The molecule has 0 radical (unpaired) electrons. The molecule has 0 amide bonds. The van der Waals surface area contributed by atoms with Gasteiger partial charge in [-0.2, -0.15) is 0 Å². The number of allylic oxidation sites excluding steroid dienone is 3. The molecule has 0 aliphatic heterocycles. The maximum Gasteiger partial charge on any atom is 0.158 e. The van der Waals surface area contributed by atoms with Crippen molar-refractivity contribution in [2.45, 2.75) is 38.7 Å². The highest BCUT2D eigenvalue weighted by atomic mass is 32.2. The predicted molar refractivity (Wildman–Crippen MR) is 217 cm³/mol. The molecule has 0 saturated carbocycles. The van der Waals surface area contributed by atoms with Crippen molar-refractivity contribution in [1.29, 1.82) is 0 Å². The standard InChI is InChI=1S/C42H44O4P2S2/c1-4-19-35(41(5-2)47(37-20-11-7-12-21-37)38-22-13-8-14-23-38)33-50(45,46)31-34-28-29-36(32-49(43,44)6-3)42(30-34)48(39-24-15-9-16-25-39)40-26-17-10-18-27-40/h5,7-30H,4,6,31-33H2,1-3H3/b35-19-,41-5+. The lowest BCUT2D eigenvalue weighted by Gasteiger charge is -2.25. The summed E-state index contributed by atoms with van der Waals surface area (Å²) in [6.45, 7) is 5.70. The fourth-order valence-electron chi connectivity index (χ4n) is 6.01. The van der Waals surface area contributed by atoms with E-state index in [1.165, 1.54) is 10.6 Å². The topological polar surface area (TPSA) is 68.3 Å². The summed E-state index contributed by atoms with van der Waals surface area (Å²) in [6, 6.07) is 46.4. The Kier molecular flexibility index (Phi) is 13.2. The maximum atomic E-state index is 14.2. The van der Waals surface area contributed by atoms with Crippen LogP contribution in [0.5, 0.6) is 0 Å². The van der Waals surface area contributed by atoms with Crippen LogP contribution >= 0.6 is 15.8 Å². The quantitative estimate of drug-likeness (QED) is 0.0818. The van der Waals surface area contributed by atoms with Gasteiger partial charge in [0.1, 0.15) is 0 Å². The van der Waals surface area contributed by atoms with Crippen LogP contribution in [-0.4, -0.2) is 28.3 Å². The molecule has 0 aliphatic carbocycles. The van der Waals surface area contributed by atoms with Crippen molar-refractivity contribution in [3.8, 4) is 0 Å². The Bertz CT molecular complexity index is 2050. The molecular weight excluding hydrogens is 695 g/mol. The Morgan fingerprint density at radius 1 is 0.600 bits per heavy atom. The molecule has 0 unspecified atom stereocenters. The van der Waals surface area contributed by atoms with Gasteiger partial charge in [-0.25, -0.2) is 16.8 Å². The van der Waals surface area contributed by atoms with Gasteiger partial charge in [0.05, 0.1) is 17.3 Å². The summed E-state index contributed by atoms with van der Waals surface area (Å²) >= 11 is 0. The first-order valence-electron chi connectivity index (χ1n) is 16.8. The summed E-state index contributed by atoms with van der Waals surface area (Å²) in [7, 11) is -9.14. The lowest BCUT2D eigenvalue weighted by Crippen LogP contribution is -2.25. The molecule has 0 aliphatic rings. The fourth-order valence-corrected chi connectivity index (χ4v) is 13.7. The van der Waals surface area contributed by atoms with Crippen LogP contribution in [0, 0.1) is 0 Å². The molecule has 0 N–H and O–H groups in total. The van der Waals surface area contributed by atoms with Crippen LogP contribution in [0.3, 0.4) is 0 Å². The van der Waals surface area contributed by atoms with E-state index < -0.39 is 35.5 Å². The maximum absolute atomic E-state index is 14.2. The van der Waals surface area contributed by atoms with Crippen molar-refractivity contribution in [2.24, 2.45) is 0 Å². The average Bonchev–Trinajstić information content (AvgIpc) is 3.13. The molecule has 5 rings (SSSR count). The van der Waals surface area contributed by atoms with E-state index in [9.17, 15) is 16.8 Å². The van der Waals surface area contributed by atoms with Crippen LogP contribution in [0.15, 0.2) is 163 Å².